The molecule has 1 amide bonds. The molecule has 2 rings (SSSR count). The first-order valence-corrected chi connectivity index (χ1v) is 7.24. The van der Waals surface area contributed by atoms with Gasteiger partial charge in [-0.15, -0.1) is 0 Å². The Hall–Kier alpha value is -2.16. The van der Waals surface area contributed by atoms with Crippen molar-refractivity contribution in [2.24, 2.45) is 0 Å². The highest BCUT2D eigenvalue weighted by Gasteiger charge is 2.16. The average molecular weight is 309 g/mol. The Morgan fingerprint density at radius 3 is 2.62 bits per heavy atom. The minimum atomic E-state index is -0.204. The number of aryl methyl sites for hydroxylation is 2. The first kappa shape index (κ1) is 15.2. The fraction of sp³-hybridized carbons (Fsp3) is 0.417. The molecule has 0 aromatic carbocycles. The lowest BCUT2D eigenvalue weighted by Gasteiger charge is -2.02. The van der Waals surface area contributed by atoms with Crippen molar-refractivity contribution in [1.29, 1.82) is 0 Å². The normalized spacial score (nSPS) is 10.5. The fourth-order valence-electron chi connectivity index (χ4n) is 1.54. The van der Waals surface area contributed by atoms with Gasteiger partial charge in [0.15, 0.2) is 5.16 Å². The molecule has 21 heavy (non-hydrogen) atoms. The molecule has 112 valence electrons. The van der Waals surface area contributed by atoms with E-state index in [1.165, 1.54) is 16.6 Å². The van der Waals surface area contributed by atoms with E-state index in [0.29, 0.717) is 5.16 Å². The summed E-state index contributed by atoms with van der Waals surface area (Å²) in [7, 11) is 3.61. The van der Waals surface area contributed by atoms with E-state index in [9.17, 15) is 4.79 Å². The quantitative estimate of drug-likeness (QED) is 0.483. The van der Waals surface area contributed by atoms with Crippen LogP contribution < -0.4 is 15.1 Å². The molecule has 0 saturated heterocycles. The Kier molecular flexibility index (Phi) is 4.73. The number of thioether (sulfide) groups is 1. The van der Waals surface area contributed by atoms with Crippen molar-refractivity contribution in [3.05, 3.63) is 23.7 Å². The van der Waals surface area contributed by atoms with Crippen LogP contribution in [0, 0.1) is 13.8 Å². The van der Waals surface area contributed by atoms with E-state index >= 15 is 0 Å². The molecular formula is C12H17N6O2S+. The maximum Gasteiger partial charge on any atom is 0.305 e. The van der Waals surface area contributed by atoms with Crippen LogP contribution in [0.4, 0.5) is 5.88 Å². The van der Waals surface area contributed by atoms with Gasteiger partial charge in [0.1, 0.15) is 0 Å². The Labute approximate surface area is 126 Å². The largest absolute Gasteiger partial charge is 0.305 e. The SMILES string of the molecule is Cc1cc(C)nc(SCC(=O)Nc2c[n+](N(C)C)no2)n1. The molecule has 0 aliphatic heterocycles. The minimum Gasteiger partial charge on any atom is -0.288 e. The minimum absolute atomic E-state index is 0.200. The summed E-state index contributed by atoms with van der Waals surface area (Å²) in [4.78, 5) is 21.8. The topological polar surface area (TPSA) is 88.0 Å². The van der Waals surface area contributed by atoms with E-state index in [4.69, 9.17) is 4.52 Å². The Balaban J connectivity index is 1.89. The van der Waals surface area contributed by atoms with Crippen LogP contribution in [0.2, 0.25) is 0 Å². The zero-order valence-electron chi connectivity index (χ0n) is 12.3. The standard InChI is InChI=1S/C12H16N6O2S/c1-8-5-9(2)14-12(13-8)21-7-10(19)15-11-6-18(16-20-11)17(3)4/h5-6H,7H2,1-4H3/p+1. The maximum absolute atomic E-state index is 11.8. The van der Waals surface area contributed by atoms with Gasteiger partial charge in [-0.2, -0.15) is 5.01 Å². The summed E-state index contributed by atoms with van der Waals surface area (Å²) < 4.78 is 4.99. The zero-order valence-corrected chi connectivity index (χ0v) is 13.1. The molecule has 0 radical (unpaired) electrons. The number of amides is 1. The van der Waals surface area contributed by atoms with Crippen LogP contribution in [0.15, 0.2) is 21.9 Å². The van der Waals surface area contributed by atoms with Gasteiger partial charge in [0.25, 0.3) is 6.20 Å². The van der Waals surface area contributed by atoms with Crippen LogP contribution in [0.1, 0.15) is 11.4 Å². The third-order valence-electron chi connectivity index (χ3n) is 2.42. The smallest absolute Gasteiger partial charge is 0.288 e. The molecule has 0 aliphatic carbocycles. The van der Waals surface area contributed by atoms with Crippen LogP contribution >= 0.6 is 11.8 Å². The van der Waals surface area contributed by atoms with E-state index in [1.54, 1.807) is 25.3 Å². The summed E-state index contributed by atoms with van der Waals surface area (Å²) in [5.41, 5.74) is 1.76. The van der Waals surface area contributed by atoms with E-state index < -0.39 is 0 Å². The number of carbonyl (C=O) groups is 1. The molecule has 0 unspecified atom stereocenters. The van der Waals surface area contributed by atoms with Crippen molar-refractivity contribution < 1.29 is 14.1 Å². The predicted octanol–water partition coefficient (Wildman–Crippen LogP) is 0.297. The van der Waals surface area contributed by atoms with Crippen molar-refractivity contribution in [3.8, 4) is 0 Å². The van der Waals surface area contributed by atoms with Gasteiger partial charge in [-0.3, -0.25) is 14.6 Å². The molecule has 8 nitrogen and oxygen atoms in total. The van der Waals surface area contributed by atoms with Gasteiger partial charge in [0, 0.05) is 11.4 Å². The van der Waals surface area contributed by atoms with Crippen LogP contribution in [0.5, 0.6) is 0 Å². The Morgan fingerprint density at radius 1 is 1.38 bits per heavy atom. The van der Waals surface area contributed by atoms with Gasteiger partial charge in [-0.1, -0.05) is 11.8 Å². The lowest BCUT2D eigenvalue weighted by Crippen LogP contribution is -2.53. The highest BCUT2D eigenvalue weighted by atomic mass is 32.2. The molecule has 0 aliphatic rings. The summed E-state index contributed by atoms with van der Waals surface area (Å²) in [5.74, 6) is 0.284. The van der Waals surface area contributed by atoms with Gasteiger partial charge in [0.2, 0.25) is 11.2 Å². The molecule has 0 bridgehead atoms. The molecule has 0 spiro atoms. The molecule has 0 atom stereocenters. The first-order valence-electron chi connectivity index (χ1n) is 6.25. The molecule has 2 heterocycles. The van der Waals surface area contributed by atoms with Gasteiger partial charge in [0.05, 0.1) is 24.6 Å². The van der Waals surface area contributed by atoms with Gasteiger partial charge in [-0.05, 0) is 19.9 Å². The number of hydrogen-bond donors (Lipinski definition) is 1. The van der Waals surface area contributed by atoms with Gasteiger partial charge >= 0.3 is 5.88 Å². The van der Waals surface area contributed by atoms with Crippen LogP contribution in [0.3, 0.4) is 0 Å². The van der Waals surface area contributed by atoms with Crippen molar-refractivity contribution in [2.75, 3.05) is 30.2 Å². The molecule has 0 fully saturated rings. The highest BCUT2D eigenvalue weighted by molar-refractivity contribution is 7.99. The summed E-state index contributed by atoms with van der Waals surface area (Å²) in [6, 6.07) is 1.89. The summed E-state index contributed by atoms with van der Waals surface area (Å²) in [6.07, 6.45) is 1.58. The zero-order chi connectivity index (χ0) is 15.4. The third kappa shape index (κ3) is 4.42. The van der Waals surface area contributed by atoms with Gasteiger partial charge < -0.3 is 0 Å². The van der Waals surface area contributed by atoms with Crippen molar-refractivity contribution in [1.82, 2.24) is 15.2 Å². The Morgan fingerprint density at radius 2 is 2.05 bits per heavy atom. The second-order valence-corrected chi connectivity index (χ2v) is 5.55. The van der Waals surface area contributed by atoms with E-state index in [2.05, 4.69) is 20.6 Å². The number of hydrogen-bond acceptors (Lipinski definition) is 7. The monoisotopic (exact) mass is 309 g/mol. The van der Waals surface area contributed by atoms with E-state index in [-0.39, 0.29) is 17.5 Å². The second kappa shape index (κ2) is 6.53. The van der Waals surface area contributed by atoms with Crippen LogP contribution in [-0.2, 0) is 4.79 Å². The van der Waals surface area contributed by atoms with Crippen LogP contribution in [-0.4, -0.2) is 41.0 Å². The van der Waals surface area contributed by atoms with E-state index in [0.717, 1.165) is 11.4 Å². The third-order valence-corrected chi connectivity index (χ3v) is 3.27. The summed E-state index contributed by atoms with van der Waals surface area (Å²) >= 11 is 1.28. The van der Waals surface area contributed by atoms with E-state index in [1.807, 2.05) is 19.9 Å². The second-order valence-electron chi connectivity index (χ2n) is 4.60. The highest BCUT2D eigenvalue weighted by Crippen LogP contribution is 2.14. The summed E-state index contributed by atoms with van der Waals surface area (Å²) in [6.45, 7) is 3.79. The average Bonchev–Trinajstić information content (AvgIpc) is 2.84. The number of anilines is 1. The summed E-state index contributed by atoms with van der Waals surface area (Å²) in [5, 5.41) is 8.65. The van der Waals surface area contributed by atoms with Gasteiger partial charge in [-0.25, -0.2) is 9.97 Å². The number of nitrogens with zero attached hydrogens (tertiary/aromatic N) is 5. The Bertz CT molecular complexity index is 622. The number of aromatic nitrogens is 4. The molecule has 1 N–H and O–H groups in total. The van der Waals surface area contributed by atoms with Crippen molar-refractivity contribution >= 4 is 23.6 Å². The molecule has 0 saturated carbocycles. The van der Waals surface area contributed by atoms with Crippen LogP contribution in [0.25, 0.3) is 0 Å². The van der Waals surface area contributed by atoms with Crippen molar-refractivity contribution in [2.45, 2.75) is 19.0 Å². The predicted molar refractivity (Wildman–Crippen MR) is 77.6 cm³/mol. The molecule has 2 aromatic heterocycles. The number of nitrogens with one attached hydrogen (secondary N) is 1. The van der Waals surface area contributed by atoms with Crippen molar-refractivity contribution in [3.63, 3.8) is 0 Å². The molecular weight excluding hydrogens is 292 g/mol. The molecule has 9 heteroatoms. The first-order chi connectivity index (χ1) is 9.94. The maximum atomic E-state index is 11.8. The number of rotatable bonds is 5. The molecule has 2 aromatic rings. The lowest BCUT2D eigenvalue weighted by atomic mass is 10.4. The fourth-order valence-corrected chi connectivity index (χ4v) is 2.29. The lowest BCUT2D eigenvalue weighted by molar-refractivity contribution is -0.753. The number of carbonyl (C=O) groups excluding carboxylic acids is 1.